The Balaban J connectivity index is 1.76. The zero-order valence-corrected chi connectivity index (χ0v) is 12.6. The van der Waals surface area contributed by atoms with Crippen LogP contribution in [0, 0.1) is 26.1 Å². The summed E-state index contributed by atoms with van der Waals surface area (Å²) in [4.78, 5) is 21.3. The number of nitro groups is 2. The van der Waals surface area contributed by atoms with Gasteiger partial charge in [-0.15, -0.1) is 0 Å². The van der Waals surface area contributed by atoms with E-state index < -0.39 is 0 Å². The van der Waals surface area contributed by atoms with Gasteiger partial charge in [0.05, 0.1) is 0 Å². The summed E-state index contributed by atoms with van der Waals surface area (Å²) in [6.45, 7) is 1.98. The van der Waals surface area contributed by atoms with Crippen molar-refractivity contribution in [3.8, 4) is 0 Å². The Morgan fingerprint density at radius 1 is 0.900 bits per heavy atom. The molecule has 2 saturated carbocycles. The monoisotopic (exact) mass is 302 g/mol. The fraction of sp³-hybridized carbons (Fsp3) is 1.00. The lowest BCUT2D eigenvalue weighted by Gasteiger charge is -2.32. The van der Waals surface area contributed by atoms with Crippen molar-refractivity contribution in [3.05, 3.63) is 20.2 Å². The molecule has 7 heteroatoms. The highest BCUT2D eigenvalue weighted by molar-refractivity contribution is 8.00. The Labute approximate surface area is 123 Å². The SMILES string of the molecule is C[C@@H]1C[C@H](SC2CCC([N+](=O)[O-])CC2)CC[C@H]1[N+](=O)[O-]. The van der Waals surface area contributed by atoms with Crippen LogP contribution in [0.25, 0.3) is 0 Å². The number of nitrogens with zero attached hydrogens (tertiary/aromatic N) is 2. The Kier molecular flexibility index (Phi) is 5.23. The minimum Gasteiger partial charge on any atom is -0.264 e. The van der Waals surface area contributed by atoms with E-state index in [0.717, 1.165) is 25.7 Å². The van der Waals surface area contributed by atoms with Crippen LogP contribution in [0.2, 0.25) is 0 Å². The molecular formula is C13H22N2O4S. The average Bonchev–Trinajstić information content (AvgIpc) is 2.39. The molecule has 2 fully saturated rings. The first-order valence-electron chi connectivity index (χ1n) is 7.39. The Morgan fingerprint density at radius 3 is 2.00 bits per heavy atom. The first-order chi connectivity index (χ1) is 9.47. The van der Waals surface area contributed by atoms with Gasteiger partial charge in [-0.1, -0.05) is 6.92 Å². The molecule has 0 aromatic carbocycles. The summed E-state index contributed by atoms with van der Waals surface area (Å²) in [7, 11) is 0. The predicted octanol–water partition coefficient (Wildman–Crippen LogP) is 3.14. The van der Waals surface area contributed by atoms with Crippen LogP contribution < -0.4 is 0 Å². The maximum absolute atomic E-state index is 10.9. The van der Waals surface area contributed by atoms with Gasteiger partial charge >= 0.3 is 0 Å². The summed E-state index contributed by atoms with van der Waals surface area (Å²) in [6.07, 6.45) is 5.70. The van der Waals surface area contributed by atoms with Crippen LogP contribution in [0.5, 0.6) is 0 Å². The molecule has 20 heavy (non-hydrogen) atoms. The van der Waals surface area contributed by atoms with E-state index >= 15 is 0 Å². The van der Waals surface area contributed by atoms with Crippen molar-refractivity contribution in [2.75, 3.05) is 0 Å². The van der Waals surface area contributed by atoms with Gasteiger partial charge in [0.1, 0.15) is 0 Å². The first kappa shape index (κ1) is 15.5. The van der Waals surface area contributed by atoms with Crippen molar-refractivity contribution in [2.45, 2.75) is 74.5 Å². The zero-order chi connectivity index (χ0) is 14.7. The molecule has 0 aromatic rings. The summed E-state index contributed by atoms with van der Waals surface area (Å²) < 4.78 is 0. The van der Waals surface area contributed by atoms with Gasteiger partial charge in [-0.05, 0) is 25.7 Å². The molecule has 114 valence electrons. The molecule has 0 spiro atoms. The van der Waals surface area contributed by atoms with Gasteiger partial charge in [-0.2, -0.15) is 11.8 Å². The van der Waals surface area contributed by atoms with E-state index in [1.807, 2.05) is 18.7 Å². The molecule has 0 aromatic heterocycles. The van der Waals surface area contributed by atoms with Gasteiger partial charge in [0.15, 0.2) is 0 Å². The summed E-state index contributed by atoms with van der Waals surface area (Å²) in [5.74, 6) is 0.145. The van der Waals surface area contributed by atoms with Crippen molar-refractivity contribution in [3.63, 3.8) is 0 Å². The quantitative estimate of drug-likeness (QED) is 0.588. The number of thioether (sulfide) groups is 1. The molecule has 2 aliphatic carbocycles. The second kappa shape index (κ2) is 6.74. The van der Waals surface area contributed by atoms with Crippen LogP contribution in [-0.2, 0) is 0 Å². The zero-order valence-electron chi connectivity index (χ0n) is 11.8. The molecule has 2 rings (SSSR count). The van der Waals surface area contributed by atoms with E-state index in [0.29, 0.717) is 29.8 Å². The van der Waals surface area contributed by atoms with Crippen LogP contribution in [0.4, 0.5) is 0 Å². The van der Waals surface area contributed by atoms with E-state index in [2.05, 4.69) is 0 Å². The molecule has 0 saturated heterocycles. The largest absolute Gasteiger partial charge is 0.264 e. The van der Waals surface area contributed by atoms with Crippen LogP contribution in [-0.4, -0.2) is 32.4 Å². The summed E-state index contributed by atoms with van der Waals surface area (Å²) in [5.41, 5.74) is 0. The number of rotatable bonds is 4. The molecule has 0 amide bonds. The molecule has 0 heterocycles. The molecule has 3 atom stereocenters. The van der Waals surface area contributed by atoms with Gasteiger partial charge in [-0.3, -0.25) is 20.2 Å². The van der Waals surface area contributed by atoms with Crippen LogP contribution >= 0.6 is 11.8 Å². The molecule has 6 nitrogen and oxygen atoms in total. The van der Waals surface area contributed by atoms with Gasteiger partial charge in [0.2, 0.25) is 12.1 Å². The van der Waals surface area contributed by atoms with Crippen molar-refractivity contribution in [1.29, 1.82) is 0 Å². The number of hydrogen-bond acceptors (Lipinski definition) is 5. The highest BCUT2D eigenvalue weighted by Crippen LogP contribution is 2.39. The van der Waals surface area contributed by atoms with Gasteiger partial charge < -0.3 is 0 Å². The molecule has 0 unspecified atom stereocenters. The maximum Gasteiger partial charge on any atom is 0.215 e. The predicted molar refractivity (Wildman–Crippen MR) is 78.2 cm³/mol. The standard InChI is InChI=1S/C13H22N2O4S/c1-9-8-12(6-7-13(9)15(18)19)20-11-4-2-10(3-5-11)14(16)17/h9-13H,2-8H2,1H3/t9-,10?,11?,12-,13-/m1/s1. The molecule has 0 aliphatic heterocycles. The third kappa shape index (κ3) is 3.84. The second-order valence-electron chi connectivity index (χ2n) is 6.12. The Morgan fingerprint density at radius 2 is 1.50 bits per heavy atom. The van der Waals surface area contributed by atoms with E-state index in [-0.39, 0.29) is 27.8 Å². The third-order valence-corrected chi connectivity index (χ3v) is 6.34. The smallest absolute Gasteiger partial charge is 0.215 e. The lowest BCUT2D eigenvalue weighted by Crippen LogP contribution is -2.35. The highest BCUT2D eigenvalue weighted by Gasteiger charge is 2.37. The van der Waals surface area contributed by atoms with Gasteiger partial charge in [0.25, 0.3) is 0 Å². The van der Waals surface area contributed by atoms with E-state index in [9.17, 15) is 20.2 Å². The van der Waals surface area contributed by atoms with Crippen LogP contribution in [0.15, 0.2) is 0 Å². The molecule has 2 aliphatic rings. The maximum atomic E-state index is 10.9. The fourth-order valence-electron chi connectivity index (χ4n) is 3.43. The lowest BCUT2D eigenvalue weighted by atomic mass is 9.86. The number of hydrogen-bond donors (Lipinski definition) is 0. The van der Waals surface area contributed by atoms with Gasteiger partial charge in [0, 0.05) is 45.5 Å². The van der Waals surface area contributed by atoms with Crippen LogP contribution in [0.3, 0.4) is 0 Å². The minimum atomic E-state index is -0.378. The fourth-order valence-corrected chi connectivity index (χ4v) is 5.21. The van der Waals surface area contributed by atoms with Crippen molar-refractivity contribution in [1.82, 2.24) is 0 Å². The molecule has 0 bridgehead atoms. The third-order valence-electron chi connectivity index (χ3n) is 4.67. The summed E-state index contributed by atoms with van der Waals surface area (Å²) in [6, 6.07) is -0.729. The van der Waals surface area contributed by atoms with E-state index in [4.69, 9.17) is 0 Å². The van der Waals surface area contributed by atoms with E-state index in [1.165, 1.54) is 0 Å². The summed E-state index contributed by atoms with van der Waals surface area (Å²) >= 11 is 1.93. The van der Waals surface area contributed by atoms with Crippen molar-refractivity contribution in [2.24, 2.45) is 5.92 Å². The molecule has 0 radical (unpaired) electrons. The normalized spacial score (nSPS) is 38.4. The minimum absolute atomic E-state index is 0.131. The lowest BCUT2D eigenvalue weighted by molar-refractivity contribution is -0.534. The topological polar surface area (TPSA) is 86.3 Å². The van der Waals surface area contributed by atoms with Crippen LogP contribution in [0.1, 0.15) is 51.9 Å². The Bertz CT molecular complexity index is 371. The Hall–Kier alpha value is -0.850. The van der Waals surface area contributed by atoms with Gasteiger partial charge in [-0.25, -0.2) is 0 Å². The highest BCUT2D eigenvalue weighted by atomic mass is 32.2. The molecular weight excluding hydrogens is 280 g/mol. The molecule has 0 N–H and O–H groups in total. The first-order valence-corrected chi connectivity index (χ1v) is 8.34. The average molecular weight is 302 g/mol. The second-order valence-corrected chi connectivity index (χ2v) is 7.72. The van der Waals surface area contributed by atoms with Crippen molar-refractivity contribution < 1.29 is 9.85 Å². The van der Waals surface area contributed by atoms with Crippen molar-refractivity contribution >= 4 is 11.8 Å². The van der Waals surface area contributed by atoms with E-state index in [1.54, 1.807) is 0 Å². The summed E-state index contributed by atoms with van der Waals surface area (Å²) in [5, 5.41) is 22.6.